The Labute approximate surface area is 112 Å². The smallest absolute Gasteiger partial charge is 0.202 e. The van der Waals surface area contributed by atoms with Gasteiger partial charge in [-0.05, 0) is 17.5 Å². The van der Waals surface area contributed by atoms with Crippen molar-refractivity contribution in [3.05, 3.63) is 41.2 Å². The van der Waals surface area contributed by atoms with Gasteiger partial charge in [0.1, 0.15) is 5.82 Å². The average molecular weight is 261 g/mol. The normalized spacial score (nSPS) is 10.9. The van der Waals surface area contributed by atoms with Crippen molar-refractivity contribution >= 4 is 16.7 Å². The summed E-state index contributed by atoms with van der Waals surface area (Å²) in [5, 5.41) is 4.22. The molecule has 0 unspecified atom stereocenters. The Bertz CT molecular complexity index is 488. The van der Waals surface area contributed by atoms with Crippen LogP contribution in [0.4, 0.5) is 5.13 Å². The van der Waals surface area contributed by atoms with E-state index in [0.29, 0.717) is 5.92 Å². The van der Waals surface area contributed by atoms with Crippen molar-refractivity contribution in [2.45, 2.75) is 39.7 Å². The van der Waals surface area contributed by atoms with Crippen molar-refractivity contribution < 1.29 is 0 Å². The van der Waals surface area contributed by atoms with Gasteiger partial charge in [-0.1, -0.05) is 45.0 Å². The third-order valence-electron chi connectivity index (χ3n) is 2.83. The quantitative estimate of drug-likeness (QED) is 0.888. The fraction of sp³-hybridized carbons (Fsp3) is 0.429. The third-order valence-corrected chi connectivity index (χ3v) is 3.52. The molecular formula is C14H19N3S. The predicted octanol–water partition coefficient (Wildman–Crippen LogP) is 3.84. The number of rotatable bonds is 5. The molecule has 0 fully saturated rings. The summed E-state index contributed by atoms with van der Waals surface area (Å²) in [5.41, 5.74) is 2.64. The van der Waals surface area contributed by atoms with Crippen molar-refractivity contribution in [1.29, 1.82) is 0 Å². The molecule has 1 aromatic heterocycles. The van der Waals surface area contributed by atoms with Gasteiger partial charge in [0.05, 0.1) is 0 Å². The van der Waals surface area contributed by atoms with Gasteiger partial charge < -0.3 is 5.32 Å². The molecule has 0 amide bonds. The number of benzene rings is 1. The molecule has 0 saturated heterocycles. The number of aromatic nitrogens is 2. The van der Waals surface area contributed by atoms with Crippen molar-refractivity contribution in [1.82, 2.24) is 9.36 Å². The van der Waals surface area contributed by atoms with Crippen LogP contribution in [0.2, 0.25) is 0 Å². The summed E-state index contributed by atoms with van der Waals surface area (Å²) in [6, 6.07) is 8.68. The van der Waals surface area contributed by atoms with Crippen molar-refractivity contribution in [2.24, 2.45) is 0 Å². The minimum Gasteiger partial charge on any atom is -0.356 e. The Morgan fingerprint density at radius 3 is 2.39 bits per heavy atom. The number of nitrogens with zero attached hydrogens (tertiary/aromatic N) is 2. The highest BCUT2D eigenvalue weighted by molar-refractivity contribution is 7.09. The Morgan fingerprint density at radius 1 is 1.17 bits per heavy atom. The molecule has 18 heavy (non-hydrogen) atoms. The van der Waals surface area contributed by atoms with Crippen LogP contribution in [-0.2, 0) is 13.0 Å². The van der Waals surface area contributed by atoms with Gasteiger partial charge in [0, 0.05) is 24.0 Å². The minimum atomic E-state index is 0.389. The monoisotopic (exact) mass is 261 g/mol. The topological polar surface area (TPSA) is 37.8 Å². The van der Waals surface area contributed by atoms with Gasteiger partial charge in [-0.2, -0.15) is 4.37 Å². The summed E-state index contributed by atoms with van der Waals surface area (Å²) >= 11 is 1.43. The van der Waals surface area contributed by atoms with Crippen molar-refractivity contribution in [2.75, 3.05) is 5.32 Å². The molecule has 96 valence electrons. The lowest BCUT2D eigenvalue weighted by Crippen LogP contribution is -1.99. The van der Waals surface area contributed by atoms with E-state index in [0.717, 1.165) is 23.9 Å². The molecule has 0 aliphatic heterocycles. The van der Waals surface area contributed by atoms with E-state index in [2.05, 4.69) is 59.7 Å². The van der Waals surface area contributed by atoms with E-state index < -0.39 is 0 Å². The van der Waals surface area contributed by atoms with E-state index in [-0.39, 0.29) is 0 Å². The molecule has 0 bridgehead atoms. The van der Waals surface area contributed by atoms with Gasteiger partial charge in [0.15, 0.2) is 0 Å². The van der Waals surface area contributed by atoms with Gasteiger partial charge >= 0.3 is 0 Å². The highest BCUT2D eigenvalue weighted by Crippen LogP contribution is 2.18. The molecule has 3 nitrogen and oxygen atoms in total. The van der Waals surface area contributed by atoms with E-state index in [1.807, 2.05) is 0 Å². The minimum absolute atomic E-state index is 0.389. The van der Waals surface area contributed by atoms with Crippen LogP contribution in [0.1, 0.15) is 43.6 Å². The number of hydrogen-bond acceptors (Lipinski definition) is 4. The number of anilines is 1. The second-order valence-electron chi connectivity index (χ2n) is 4.64. The molecule has 0 atom stereocenters. The summed E-state index contributed by atoms with van der Waals surface area (Å²) in [4.78, 5) is 4.45. The largest absolute Gasteiger partial charge is 0.356 e. The molecule has 0 spiro atoms. The summed E-state index contributed by atoms with van der Waals surface area (Å²) in [5.74, 6) is 1.31. The summed E-state index contributed by atoms with van der Waals surface area (Å²) in [6.07, 6.45) is 1.09. The van der Waals surface area contributed by atoms with E-state index in [1.54, 1.807) is 0 Å². The van der Waals surface area contributed by atoms with Crippen LogP contribution in [0, 0.1) is 0 Å². The second-order valence-corrected chi connectivity index (χ2v) is 5.39. The van der Waals surface area contributed by atoms with E-state index >= 15 is 0 Å². The molecule has 1 aromatic carbocycles. The molecule has 2 aromatic rings. The highest BCUT2D eigenvalue weighted by Gasteiger charge is 2.06. The first-order valence-electron chi connectivity index (χ1n) is 6.34. The zero-order valence-electron chi connectivity index (χ0n) is 11.1. The molecule has 1 N–H and O–H groups in total. The lowest BCUT2D eigenvalue weighted by molar-refractivity contribution is 0.799. The second kappa shape index (κ2) is 5.96. The predicted molar refractivity (Wildman–Crippen MR) is 77.1 cm³/mol. The van der Waals surface area contributed by atoms with E-state index in [9.17, 15) is 0 Å². The van der Waals surface area contributed by atoms with Crippen LogP contribution >= 0.6 is 11.5 Å². The Morgan fingerprint density at radius 2 is 1.83 bits per heavy atom. The Balaban J connectivity index is 1.93. The third kappa shape index (κ3) is 3.29. The lowest BCUT2D eigenvalue weighted by atomic mass is 10.1. The molecule has 0 radical (unpaired) electrons. The van der Waals surface area contributed by atoms with Crippen LogP contribution < -0.4 is 5.32 Å². The van der Waals surface area contributed by atoms with Gasteiger partial charge in [-0.3, -0.25) is 0 Å². The van der Waals surface area contributed by atoms with Gasteiger partial charge in [-0.15, -0.1) is 0 Å². The first-order valence-corrected chi connectivity index (χ1v) is 7.11. The SMILES string of the molecule is CCc1ccc(CNc2nc(C(C)C)ns2)cc1. The molecule has 2 rings (SSSR count). The molecular weight excluding hydrogens is 242 g/mol. The average Bonchev–Trinajstić information content (AvgIpc) is 2.86. The summed E-state index contributed by atoms with van der Waals surface area (Å²) in [7, 11) is 0. The number of hydrogen-bond donors (Lipinski definition) is 1. The maximum absolute atomic E-state index is 4.45. The van der Waals surface area contributed by atoms with Crippen molar-refractivity contribution in [3.8, 4) is 0 Å². The maximum atomic E-state index is 4.45. The zero-order valence-corrected chi connectivity index (χ0v) is 11.9. The Kier molecular flexibility index (Phi) is 4.31. The van der Waals surface area contributed by atoms with Crippen LogP contribution in [0.5, 0.6) is 0 Å². The fourth-order valence-electron chi connectivity index (χ4n) is 1.61. The van der Waals surface area contributed by atoms with Crippen molar-refractivity contribution in [3.63, 3.8) is 0 Å². The molecule has 0 aliphatic rings. The highest BCUT2D eigenvalue weighted by atomic mass is 32.1. The summed E-state index contributed by atoms with van der Waals surface area (Å²) in [6.45, 7) is 7.18. The fourth-order valence-corrected chi connectivity index (χ4v) is 2.31. The lowest BCUT2D eigenvalue weighted by Gasteiger charge is -2.03. The standard InChI is InChI=1S/C14H19N3S/c1-4-11-5-7-12(8-6-11)9-15-14-16-13(10(2)3)17-18-14/h5-8,10H,4,9H2,1-3H3,(H,15,16,17). The molecule has 0 saturated carbocycles. The van der Waals surface area contributed by atoms with E-state index in [1.165, 1.54) is 22.7 Å². The van der Waals surface area contributed by atoms with Gasteiger partial charge in [-0.25, -0.2) is 4.98 Å². The molecule has 1 heterocycles. The Hall–Kier alpha value is -1.42. The summed E-state index contributed by atoms with van der Waals surface area (Å²) < 4.78 is 4.32. The van der Waals surface area contributed by atoms with Gasteiger partial charge in [0.25, 0.3) is 0 Å². The van der Waals surface area contributed by atoms with Gasteiger partial charge in [0.2, 0.25) is 5.13 Å². The maximum Gasteiger partial charge on any atom is 0.202 e. The molecule has 0 aliphatic carbocycles. The van der Waals surface area contributed by atoms with Crippen LogP contribution in [0.3, 0.4) is 0 Å². The first-order chi connectivity index (χ1) is 8.69. The number of aryl methyl sites for hydroxylation is 1. The first kappa shape index (κ1) is 13.0. The number of nitrogens with one attached hydrogen (secondary N) is 1. The van der Waals surface area contributed by atoms with Crippen LogP contribution in [0.25, 0.3) is 0 Å². The van der Waals surface area contributed by atoms with E-state index in [4.69, 9.17) is 0 Å². The zero-order chi connectivity index (χ0) is 13.0. The molecule has 4 heteroatoms. The van der Waals surface area contributed by atoms with Crippen LogP contribution in [-0.4, -0.2) is 9.36 Å². The van der Waals surface area contributed by atoms with Crippen LogP contribution in [0.15, 0.2) is 24.3 Å².